The molecule has 0 saturated carbocycles. The van der Waals surface area contributed by atoms with Crippen LogP contribution in [0.5, 0.6) is 0 Å². The Morgan fingerprint density at radius 2 is 1.69 bits per heavy atom. The van der Waals surface area contributed by atoms with E-state index in [-0.39, 0.29) is 17.3 Å². The molecule has 0 heterocycles. The second kappa shape index (κ2) is 9.16. The average molecular weight is 395 g/mol. The predicted octanol–water partition coefficient (Wildman–Crippen LogP) is 3.69. The summed E-state index contributed by atoms with van der Waals surface area (Å²) in [6.45, 7) is 2.95. The minimum Gasteiger partial charge on any atom is -0.342 e. The lowest BCUT2D eigenvalue weighted by molar-refractivity contribution is 0.0793. The van der Waals surface area contributed by atoms with E-state index in [0.29, 0.717) is 10.6 Å². The number of halogens is 1. The zero-order valence-corrected chi connectivity index (χ0v) is 16.5. The number of nitrogens with zero attached hydrogens (tertiary/aromatic N) is 1. The van der Waals surface area contributed by atoms with Gasteiger partial charge in [0.2, 0.25) is 10.0 Å². The van der Waals surface area contributed by atoms with Crippen LogP contribution in [0.1, 0.15) is 35.7 Å². The van der Waals surface area contributed by atoms with Gasteiger partial charge in [0.1, 0.15) is 0 Å². The quantitative estimate of drug-likeness (QED) is 0.742. The third-order valence-corrected chi connectivity index (χ3v) is 5.65. The van der Waals surface area contributed by atoms with Gasteiger partial charge in [-0.3, -0.25) is 4.79 Å². The standard InChI is InChI=1S/C19H23ClN2O3S/c1-3-4-13-22(2)19(23)16-7-5-15(6-8-16)14-21-26(24,25)18-11-9-17(20)10-12-18/h5-12,21H,3-4,13-14H2,1-2H3. The van der Waals surface area contributed by atoms with Gasteiger partial charge in [0.15, 0.2) is 0 Å². The van der Waals surface area contributed by atoms with E-state index in [9.17, 15) is 13.2 Å². The fraction of sp³-hybridized carbons (Fsp3) is 0.316. The molecule has 2 rings (SSSR count). The maximum Gasteiger partial charge on any atom is 0.253 e. The SMILES string of the molecule is CCCCN(C)C(=O)c1ccc(CNS(=O)(=O)c2ccc(Cl)cc2)cc1. The van der Waals surface area contributed by atoms with Crippen molar-refractivity contribution in [3.05, 3.63) is 64.7 Å². The molecule has 0 bridgehead atoms. The van der Waals surface area contributed by atoms with Crippen LogP contribution in [0.4, 0.5) is 0 Å². The summed E-state index contributed by atoms with van der Waals surface area (Å²) in [5, 5.41) is 0.480. The Morgan fingerprint density at radius 3 is 2.27 bits per heavy atom. The van der Waals surface area contributed by atoms with Crippen LogP contribution in [0.25, 0.3) is 0 Å². The molecule has 0 radical (unpaired) electrons. The van der Waals surface area contributed by atoms with Crippen LogP contribution in [0.15, 0.2) is 53.4 Å². The molecule has 0 aromatic heterocycles. The molecule has 26 heavy (non-hydrogen) atoms. The Balaban J connectivity index is 1.98. The molecule has 1 N–H and O–H groups in total. The van der Waals surface area contributed by atoms with Gasteiger partial charge < -0.3 is 4.90 Å². The van der Waals surface area contributed by atoms with Crippen LogP contribution in [0.2, 0.25) is 5.02 Å². The number of benzene rings is 2. The number of amides is 1. The molecular formula is C19H23ClN2O3S. The van der Waals surface area contributed by atoms with Gasteiger partial charge in [0.25, 0.3) is 5.91 Å². The molecule has 140 valence electrons. The van der Waals surface area contributed by atoms with Gasteiger partial charge in [-0.1, -0.05) is 37.1 Å². The van der Waals surface area contributed by atoms with Crippen LogP contribution < -0.4 is 4.72 Å². The average Bonchev–Trinajstić information content (AvgIpc) is 2.64. The van der Waals surface area contributed by atoms with E-state index < -0.39 is 10.0 Å². The lowest BCUT2D eigenvalue weighted by Crippen LogP contribution is -2.27. The molecule has 0 aliphatic carbocycles. The molecule has 0 unspecified atom stereocenters. The van der Waals surface area contributed by atoms with Crippen molar-refractivity contribution in [3.63, 3.8) is 0 Å². The maximum absolute atomic E-state index is 12.3. The normalized spacial score (nSPS) is 11.3. The summed E-state index contributed by atoms with van der Waals surface area (Å²) in [5.41, 5.74) is 1.36. The Bertz CT molecular complexity index is 834. The number of hydrogen-bond acceptors (Lipinski definition) is 3. The molecule has 0 aliphatic rings. The highest BCUT2D eigenvalue weighted by atomic mass is 35.5. The molecule has 0 aliphatic heterocycles. The fourth-order valence-electron chi connectivity index (χ4n) is 2.36. The Hall–Kier alpha value is -1.89. The Labute approximate surface area is 160 Å². The largest absolute Gasteiger partial charge is 0.342 e. The first-order valence-corrected chi connectivity index (χ1v) is 10.3. The second-order valence-electron chi connectivity index (χ2n) is 6.06. The molecule has 0 spiro atoms. The number of carbonyl (C=O) groups is 1. The molecule has 0 fully saturated rings. The summed E-state index contributed by atoms with van der Waals surface area (Å²) in [4.78, 5) is 14.1. The van der Waals surface area contributed by atoms with E-state index in [1.165, 1.54) is 24.3 Å². The van der Waals surface area contributed by atoms with Crippen molar-refractivity contribution in [1.82, 2.24) is 9.62 Å². The minimum absolute atomic E-state index is 0.0354. The Kier molecular flexibility index (Phi) is 7.20. The molecule has 2 aromatic rings. The van der Waals surface area contributed by atoms with Crippen LogP contribution in [-0.4, -0.2) is 32.8 Å². The van der Waals surface area contributed by atoms with Gasteiger partial charge in [0, 0.05) is 30.7 Å². The molecule has 2 aromatic carbocycles. The van der Waals surface area contributed by atoms with Crippen LogP contribution >= 0.6 is 11.6 Å². The van der Waals surface area contributed by atoms with Crippen molar-refractivity contribution in [2.45, 2.75) is 31.2 Å². The summed E-state index contributed by atoms with van der Waals surface area (Å²) >= 11 is 5.78. The van der Waals surface area contributed by atoms with Crippen molar-refractivity contribution in [2.24, 2.45) is 0 Å². The van der Waals surface area contributed by atoms with Crippen LogP contribution in [0, 0.1) is 0 Å². The van der Waals surface area contributed by atoms with Crippen molar-refractivity contribution in [1.29, 1.82) is 0 Å². The molecule has 1 amide bonds. The van der Waals surface area contributed by atoms with Gasteiger partial charge in [0.05, 0.1) is 4.90 Å². The van der Waals surface area contributed by atoms with Crippen LogP contribution in [0.3, 0.4) is 0 Å². The Morgan fingerprint density at radius 1 is 1.08 bits per heavy atom. The van der Waals surface area contributed by atoms with Gasteiger partial charge in [-0.25, -0.2) is 13.1 Å². The summed E-state index contributed by atoms with van der Waals surface area (Å²) in [6.07, 6.45) is 2.00. The fourth-order valence-corrected chi connectivity index (χ4v) is 3.50. The number of unbranched alkanes of at least 4 members (excludes halogenated alkanes) is 1. The minimum atomic E-state index is -3.61. The van der Waals surface area contributed by atoms with Crippen molar-refractivity contribution in [2.75, 3.05) is 13.6 Å². The number of rotatable bonds is 8. The highest BCUT2D eigenvalue weighted by molar-refractivity contribution is 7.89. The summed E-state index contributed by atoms with van der Waals surface area (Å²) in [7, 11) is -1.83. The van der Waals surface area contributed by atoms with Gasteiger partial charge in [-0.05, 0) is 48.4 Å². The topological polar surface area (TPSA) is 66.5 Å². The van der Waals surface area contributed by atoms with Gasteiger partial charge >= 0.3 is 0 Å². The third-order valence-electron chi connectivity index (χ3n) is 3.98. The summed E-state index contributed by atoms with van der Waals surface area (Å²) in [6, 6.07) is 12.9. The van der Waals surface area contributed by atoms with E-state index in [1.54, 1.807) is 36.2 Å². The zero-order valence-electron chi connectivity index (χ0n) is 14.9. The van der Waals surface area contributed by atoms with E-state index in [2.05, 4.69) is 11.6 Å². The molecule has 0 saturated heterocycles. The number of hydrogen-bond donors (Lipinski definition) is 1. The molecule has 5 nitrogen and oxygen atoms in total. The van der Waals surface area contributed by atoms with Crippen molar-refractivity contribution in [3.8, 4) is 0 Å². The number of carbonyl (C=O) groups excluding carboxylic acids is 1. The first kappa shape index (κ1) is 20.4. The van der Waals surface area contributed by atoms with E-state index >= 15 is 0 Å². The maximum atomic E-state index is 12.3. The highest BCUT2D eigenvalue weighted by Gasteiger charge is 2.14. The monoisotopic (exact) mass is 394 g/mol. The summed E-state index contributed by atoms with van der Waals surface area (Å²) in [5.74, 6) is -0.0354. The molecule has 0 atom stereocenters. The van der Waals surface area contributed by atoms with Gasteiger partial charge in [-0.15, -0.1) is 0 Å². The first-order valence-electron chi connectivity index (χ1n) is 8.43. The second-order valence-corrected chi connectivity index (χ2v) is 8.26. The van der Waals surface area contributed by atoms with Gasteiger partial charge in [-0.2, -0.15) is 0 Å². The lowest BCUT2D eigenvalue weighted by Gasteiger charge is -2.17. The highest BCUT2D eigenvalue weighted by Crippen LogP contribution is 2.15. The number of sulfonamides is 1. The third kappa shape index (κ3) is 5.56. The van der Waals surface area contributed by atoms with Crippen molar-refractivity contribution >= 4 is 27.5 Å². The molecular weight excluding hydrogens is 372 g/mol. The lowest BCUT2D eigenvalue weighted by atomic mass is 10.1. The predicted molar refractivity (Wildman–Crippen MR) is 104 cm³/mol. The first-order chi connectivity index (χ1) is 12.3. The van der Waals surface area contributed by atoms with Crippen molar-refractivity contribution < 1.29 is 13.2 Å². The van der Waals surface area contributed by atoms with E-state index in [1.807, 2.05) is 0 Å². The van der Waals surface area contributed by atoms with E-state index in [4.69, 9.17) is 11.6 Å². The molecule has 7 heteroatoms. The van der Waals surface area contributed by atoms with Crippen LogP contribution in [-0.2, 0) is 16.6 Å². The van der Waals surface area contributed by atoms with E-state index in [0.717, 1.165) is 24.9 Å². The zero-order chi connectivity index (χ0) is 19.2. The number of nitrogens with one attached hydrogen (secondary N) is 1. The summed E-state index contributed by atoms with van der Waals surface area (Å²) < 4.78 is 27.1. The smallest absolute Gasteiger partial charge is 0.253 e.